The minimum atomic E-state index is -0.589. The van der Waals surface area contributed by atoms with Crippen LogP contribution in [-0.4, -0.2) is 35.1 Å². The van der Waals surface area contributed by atoms with E-state index in [1.54, 1.807) is 43.3 Å². The van der Waals surface area contributed by atoms with Gasteiger partial charge in [-0.1, -0.05) is 35.3 Å². The van der Waals surface area contributed by atoms with Crippen LogP contribution in [0.2, 0.25) is 10.0 Å². The highest BCUT2D eigenvalue weighted by molar-refractivity contribution is 6.35. The Kier molecular flexibility index (Phi) is 6.38. The maximum atomic E-state index is 12.2. The van der Waals surface area contributed by atoms with Crippen LogP contribution >= 0.6 is 23.2 Å². The summed E-state index contributed by atoms with van der Waals surface area (Å²) in [4.78, 5) is 12.2. The molecule has 1 aromatic heterocycles. The molecule has 3 rings (SSSR count). The summed E-state index contributed by atoms with van der Waals surface area (Å²) in [5, 5.41) is 11.4. The fourth-order valence-corrected chi connectivity index (χ4v) is 3.09. The maximum Gasteiger partial charge on any atom is 0.361 e. The van der Waals surface area contributed by atoms with Crippen molar-refractivity contribution in [1.82, 2.24) is 15.4 Å². The van der Waals surface area contributed by atoms with E-state index >= 15 is 0 Å². The average molecular weight is 422 g/mol. The number of aromatic amines is 1. The van der Waals surface area contributed by atoms with Crippen LogP contribution in [0, 0.1) is 0 Å². The second-order valence-electron chi connectivity index (χ2n) is 5.57. The molecule has 0 aliphatic carbocycles. The number of aromatic nitrogens is 3. The van der Waals surface area contributed by atoms with Gasteiger partial charge in [-0.15, -0.1) is 5.10 Å². The first-order valence-electron chi connectivity index (χ1n) is 8.37. The highest BCUT2D eigenvalue weighted by Crippen LogP contribution is 2.39. The summed E-state index contributed by atoms with van der Waals surface area (Å²) in [6.45, 7) is 2.03. The number of para-hydroxylation sites is 1. The number of nitrogens with zero attached hydrogens (tertiary/aromatic N) is 2. The van der Waals surface area contributed by atoms with Crippen molar-refractivity contribution in [3.05, 3.63) is 57.7 Å². The fraction of sp³-hybridized carbons (Fsp3) is 0.211. The van der Waals surface area contributed by atoms with Gasteiger partial charge >= 0.3 is 5.97 Å². The lowest BCUT2D eigenvalue weighted by Gasteiger charge is -2.15. The minimum absolute atomic E-state index is 0.0516. The number of halogens is 2. The van der Waals surface area contributed by atoms with Crippen molar-refractivity contribution < 1.29 is 19.0 Å². The lowest BCUT2D eigenvalue weighted by atomic mass is 10.1. The highest BCUT2D eigenvalue weighted by atomic mass is 35.5. The largest absolute Gasteiger partial charge is 0.493 e. The Hall–Kier alpha value is -2.77. The monoisotopic (exact) mass is 421 g/mol. The number of ether oxygens (including phenoxy) is 3. The predicted molar refractivity (Wildman–Crippen MR) is 105 cm³/mol. The van der Waals surface area contributed by atoms with Gasteiger partial charge in [-0.3, -0.25) is 0 Å². The van der Waals surface area contributed by atoms with E-state index in [1.165, 1.54) is 7.11 Å². The molecular formula is C19H17Cl2N3O4. The molecular weight excluding hydrogens is 405 g/mol. The summed E-state index contributed by atoms with van der Waals surface area (Å²) in [7, 11) is 1.52. The van der Waals surface area contributed by atoms with Crippen LogP contribution < -0.4 is 9.47 Å². The molecule has 7 nitrogen and oxygen atoms in total. The maximum absolute atomic E-state index is 12.2. The number of hydrogen-bond donors (Lipinski definition) is 1. The van der Waals surface area contributed by atoms with E-state index in [9.17, 15) is 4.79 Å². The average Bonchev–Trinajstić information content (AvgIpc) is 3.17. The SMILES string of the molecule is CCOC(=O)c1n[nH]nc1-c1cccc(OC)c1OCc1c(Cl)cccc1Cl. The topological polar surface area (TPSA) is 86.3 Å². The summed E-state index contributed by atoms with van der Waals surface area (Å²) in [5.41, 5.74) is 1.49. The van der Waals surface area contributed by atoms with Crippen LogP contribution in [0.25, 0.3) is 11.3 Å². The van der Waals surface area contributed by atoms with Gasteiger partial charge in [0, 0.05) is 15.6 Å². The van der Waals surface area contributed by atoms with Crippen LogP contribution in [0.5, 0.6) is 11.5 Å². The van der Waals surface area contributed by atoms with Gasteiger partial charge in [0.1, 0.15) is 12.3 Å². The van der Waals surface area contributed by atoms with Gasteiger partial charge in [-0.25, -0.2) is 4.79 Å². The number of carbonyl (C=O) groups excluding carboxylic acids is 1. The molecule has 9 heteroatoms. The lowest BCUT2D eigenvalue weighted by molar-refractivity contribution is 0.0520. The van der Waals surface area contributed by atoms with Crippen molar-refractivity contribution in [3.63, 3.8) is 0 Å². The molecule has 1 N–H and O–H groups in total. The molecule has 0 aliphatic rings. The summed E-state index contributed by atoms with van der Waals surface area (Å²) in [5.74, 6) is 0.244. The number of methoxy groups -OCH3 is 1. The first kappa shape index (κ1) is 20.0. The highest BCUT2D eigenvalue weighted by Gasteiger charge is 2.24. The number of rotatable bonds is 7. The minimum Gasteiger partial charge on any atom is -0.493 e. The van der Waals surface area contributed by atoms with Gasteiger partial charge in [-0.05, 0) is 31.2 Å². The van der Waals surface area contributed by atoms with Gasteiger partial charge in [0.2, 0.25) is 0 Å². The summed E-state index contributed by atoms with van der Waals surface area (Å²) >= 11 is 12.5. The second kappa shape index (κ2) is 8.95. The molecule has 0 spiro atoms. The van der Waals surface area contributed by atoms with Crippen LogP contribution in [0.1, 0.15) is 23.0 Å². The van der Waals surface area contributed by atoms with Gasteiger partial charge in [0.05, 0.1) is 19.3 Å². The number of H-pyrrole nitrogens is 1. The van der Waals surface area contributed by atoms with E-state index in [0.717, 1.165) is 0 Å². The number of nitrogens with one attached hydrogen (secondary N) is 1. The molecule has 3 aromatic rings. The zero-order valence-corrected chi connectivity index (χ0v) is 16.7. The zero-order valence-electron chi connectivity index (χ0n) is 15.2. The predicted octanol–water partition coefficient (Wildman–Crippen LogP) is 4.54. The molecule has 0 atom stereocenters. The summed E-state index contributed by atoms with van der Waals surface area (Å²) in [6.07, 6.45) is 0. The Balaban J connectivity index is 2.01. The van der Waals surface area contributed by atoms with E-state index in [4.69, 9.17) is 37.4 Å². The number of carbonyl (C=O) groups is 1. The standard InChI is InChI=1S/C19H17Cl2N3O4/c1-3-27-19(25)17-16(22-24-23-17)11-6-4-9-15(26-2)18(11)28-10-12-13(20)7-5-8-14(12)21/h4-9H,3,10H2,1-2H3,(H,22,23,24). The zero-order chi connectivity index (χ0) is 20.1. The number of hydrogen-bond acceptors (Lipinski definition) is 6. The molecule has 1 heterocycles. The van der Waals surface area contributed by atoms with Gasteiger partial charge in [0.15, 0.2) is 17.2 Å². The van der Waals surface area contributed by atoms with Crippen molar-refractivity contribution in [1.29, 1.82) is 0 Å². The van der Waals surface area contributed by atoms with E-state index in [-0.39, 0.29) is 24.6 Å². The van der Waals surface area contributed by atoms with Gasteiger partial charge < -0.3 is 14.2 Å². The molecule has 0 saturated heterocycles. The Morgan fingerprint density at radius 3 is 2.50 bits per heavy atom. The fourth-order valence-electron chi connectivity index (χ4n) is 2.59. The molecule has 0 amide bonds. The lowest BCUT2D eigenvalue weighted by Crippen LogP contribution is -2.07. The second-order valence-corrected chi connectivity index (χ2v) is 6.38. The molecule has 0 radical (unpaired) electrons. The van der Waals surface area contributed by atoms with Crippen molar-refractivity contribution in [3.8, 4) is 22.8 Å². The van der Waals surface area contributed by atoms with Crippen molar-refractivity contribution in [2.45, 2.75) is 13.5 Å². The molecule has 0 aliphatic heterocycles. The summed E-state index contributed by atoms with van der Waals surface area (Å²) in [6, 6.07) is 10.4. The van der Waals surface area contributed by atoms with E-state index in [2.05, 4.69) is 15.4 Å². The molecule has 28 heavy (non-hydrogen) atoms. The Morgan fingerprint density at radius 2 is 1.82 bits per heavy atom. The molecule has 0 fully saturated rings. The molecule has 2 aromatic carbocycles. The smallest absolute Gasteiger partial charge is 0.361 e. The van der Waals surface area contributed by atoms with Gasteiger partial charge in [-0.2, -0.15) is 10.3 Å². The Labute approximate surface area is 171 Å². The molecule has 146 valence electrons. The van der Waals surface area contributed by atoms with Crippen LogP contribution in [0.4, 0.5) is 0 Å². The van der Waals surface area contributed by atoms with E-state index in [0.29, 0.717) is 32.7 Å². The third-order valence-corrected chi connectivity index (χ3v) is 4.60. The molecule has 0 saturated carbocycles. The first-order valence-corrected chi connectivity index (χ1v) is 9.13. The first-order chi connectivity index (χ1) is 13.6. The quantitative estimate of drug-likeness (QED) is 0.563. The number of benzene rings is 2. The van der Waals surface area contributed by atoms with Crippen molar-refractivity contribution >= 4 is 29.2 Å². The third-order valence-electron chi connectivity index (χ3n) is 3.89. The molecule has 0 unspecified atom stereocenters. The third kappa shape index (κ3) is 4.05. The van der Waals surface area contributed by atoms with Crippen LogP contribution in [0.3, 0.4) is 0 Å². The number of esters is 1. The normalized spacial score (nSPS) is 10.6. The van der Waals surface area contributed by atoms with Crippen molar-refractivity contribution in [2.75, 3.05) is 13.7 Å². The molecule has 0 bridgehead atoms. The van der Waals surface area contributed by atoms with Gasteiger partial charge in [0.25, 0.3) is 0 Å². The van der Waals surface area contributed by atoms with Crippen molar-refractivity contribution in [2.24, 2.45) is 0 Å². The van der Waals surface area contributed by atoms with Crippen LogP contribution in [-0.2, 0) is 11.3 Å². The van der Waals surface area contributed by atoms with E-state index < -0.39 is 5.97 Å². The Morgan fingerprint density at radius 1 is 1.11 bits per heavy atom. The Bertz CT molecular complexity index is 971. The summed E-state index contributed by atoms with van der Waals surface area (Å²) < 4.78 is 16.5. The van der Waals surface area contributed by atoms with Crippen LogP contribution in [0.15, 0.2) is 36.4 Å². The van der Waals surface area contributed by atoms with E-state index in [1.807, 2.05) is 0 Å².